The molecule has 0 amide bonds. The molecule has 2 aromatic rings. The summed E-state index contributed by atoms with van der Waals surface area (Å²) in [6, 6.07) is 14.4. The highest BCUT2D eigenvalue weighted by molar-refractivity contribution is 5.90. The predicted octanol–water partition coefficient (Wildman–Crippen LogP) is 4.10. The first kappa shape index (κ1) is 22.4. The minimum absolute atomic E-state index is 0.0868. The van der Waals surface area contributed by atoms with Crippen molar-refractivity contribution in [2.45, 2.75) is 20.0 Å². The fraction of sp³-hybridized carbons (Fsp3) is 0.136. The van der Waals surface area contributed by atoms with Crippen LogP contribution in [0.3, 0.4) is 0 Å². The lowest BCUT2D eigenvalue weighted by Crippen LogP contribution is -2.10. The molecule has 0 atom stereocenters. The van der Waals surface area contributed by atoms with Crippen LogP contribution in [-0.2, 0) is 25.7 Å². The third kappa shape index (κ3) is 9.15. The molecule has 0 saturated heterocycles. The quantitative estimate of drug-likeness (QED) is 0.440. The van der Waals surface area contributed by atoms with Gasteiger partial charge in [-0.1, -0.05) is 61.7 Å². The Balaban J connectivity index is 0.000000292. The Morgan fingerprint density at radius 3 is 1.86 bits per heavy atom. The lowest BCUT2D eigenvalue weighted by Gasteiger charge is -2.03. The van der Waals surface area contributed by atoms with Gasteiger partial charge in [0, 0.05) is 6.92 Å². The molecule has 0 radical (unpaired) electrons. The van der Waals surface area contributed by atoms with Gasteiger partial charge in [0.25, 0.3) is 0 Å². The molecule has 28 heavy (non-hydrogen) atoms. The van der Waals surface area contributed by atoms with Crippen LogP contribution < -0.4 is 4.74 Å². The van der Waals surface area contributed by atoms with E-state index in [0.717, 1.165) is 16.7 Å². The predicted molar refractivity (Wildman–Crippen MR) is 106 cm³/mol. The molecule has 0 aliphatic heterocycles. The zero-order valence-corrected chi connectivity index (χ0v) is 15.6. The Bertz CT molecular complexity index is 819. The van der Waals surface area contributed by atoms with E-state index in [0.29, 0.717) is 5.75 Å². The Labute approximate surface area is 163 Å². The van der Waals surface area contributed by atoms with Crippen LogP contribution in [0.1, 0.15) is 30.0 Å². The van der Waals surface area contributed by atoms with Gasteiger partial charge in [-0.05, 0) is 28.8 Å². The van der Waals surface area contributed by atoms with Gasteiger partial charge in [-0.25, -0.2) is 0 Å². The summed E-state index contributed by atoms with van der Waals surface area (Å²) < 4.78 is 9.61. The van der Waals surface area contributed by atoms with E-state index in [1.54, 1.807) is 36.4 Å². The fourth-order valence-corrected chi connectivity index (χ4v) is 1.93. The number of hydrogen-bond acceptors (Lipinski definition) is 5. The summed E-state index contributed by atoms with van der Waals surface area (Å²) in [5.41, 5.74) is 2.79. The number of esters is 2. The lowest BCUT2D eigenvalue weighted by atomic mass is 10.1. The van der Waals surface area contributed by atoms with Gasteiger partial charge in [-0.3, -0.25) is 14.4 Å². The van der Waals surface area contributed by atoms with E-state index in [2.05, 4.69) is 13.2 Å². The van der Waals surface area contributed by atoms with Crippen molar-refractivity contribution in [2.24, 2.45) is 0 Å². The third-order valence-electron chi connectivity index (χ3n) is 3.29. The van der Waals surface area contributed by atoms with E-state index < -0.39 is 18.4 Å². The van der Waals surface area contributed by atoms with Crippen LogP contribution in [0.15, 0.2) is 61.7 Å². The van der Waals surface area contributed by atoms with Crippen LogP contribution in [0.2, 0.25) is 0 Å². The van der Waals surface area contributed by atoms with Gasteiger partial charge in [-0.15, -0.1) is 0 Å². The Kier molecular flexibility index (Phi) is 9.47. The minimum atomic E-state index is -1.19. The molecule has 1 N–H and O–H groups in total. The highest BCUT2D eigenvalue weighted by Crippen LogP contribution is 2.12. The average Bonchev–Trinajstić information content (AvgIpc) is 2.67. The van der Waals surface area contributed by atoms with Crippen molar-refractivity contribution in [1.82, 2.24) is 0 Å². The van der Waals surface area contributed by atoms with Crippen molar-refractivity contribution < 1.29 is 29.0 Å². The first-order chi connectivity index (χ1) is 13.3. The molecule has 0 unspecified atom stereocenters. The number of ether oxygens (including phenoxy) is 2. The number of carboxylic acids is 1. The topological polar surface area (TPSA) is 89.9 Å². The minimum Gasteiger partial charge on any atom is -0.481 e. The summed E-state index contributed by atoms with van der Waals surface area (Å²) in [6.45, 7) is 8.69. The number of hydrogen-bond donors (Lipinski definition) is 1. The maximum absolute atomic E-state index is 10.9. The fourth-order valence-electron chi connectivity index (χ4n) is 1.93. The smallest absolute Gasteiger partial charge is 0.317 e. The molecule has 2 aromatic carbocycles. The van der Waals surface area contributed by atoms with Crippen molar-refractivity contribution in [3.63, 3.8) is 0 Å². The first-order valence-electron chi connectivity index (χ1n) is 8.33. The maximum atomic E-state index is 10.9. The van der Waals surface area contributed by atoms with Crippen molar-refractivity contribution in [2.75, 3.05) is 0 Å². The Hall–Kier alpha value is -3.67. The SMILES string of the molecule is C=Cc1ccc(COC(=O)CC(=O)O)cc1.C=Cc1ccc(OC(C)=O)cc1. The second-order valence-corrected chi connectivity index (χ2v) is 5.54. The molecule has 0 bridgehead atoms. The van der Waals surface area contributed by atoms with Gasteiger partial charge in [0.15, 0.2) is 0 Å². The van der Waals surface area contributed by atoms with Gasteiger partial charge in [0.1, 0.15) is 18.8 Å². The maximum Gasteiger partial charge on any atom is 0.317 e. The van der Waals surface area contributed by atoms with Crippen LogP contribution in [0.4, 0.5) is 0 Å². The summed E-state index contributed by atoms with van der Waals surface area (Å²) in [6.07, 6.45) is 2.84. The molecule has 2 rings (SSSR count). The number of rotatable bonds is 7. The standard InChI is InChI=1S/C12H12O4.C10H10O2/c1-2-9-3-5-10(6-4-9)8-16-12(15)7-11(13)14;1-3-9-4-6-10(7-5-9)12-8(2)11/h2-6H,1,7-8H2,(H,13,14);3-7H,1H2,2H3. The first-order valence-corrected chi connectivity index (χ1v) is 8.33. The van der Waals surface area contributed by atoms with Crippen molar-refractivity contribution in [3.8, 4) is 5.75 Å². The summed E-state index contributed by atoms with van der Waals surface area (Å²) in [4.78, 5) is 31.6. The summed E-state index contributed by atoms with van der Waals surface area (Å²) in [5.74, 6) is -1.67. The van der Waals surface area contributed by atoms with Gasteiger partial charge in [0.05, 0.1) is 0 Å². The van der Waals surface area contributed by atoms with Crippen molar-refractivity contribution in [3.05, 3.63) is 78.4 Å². The third-order valence-corrected chi connectivity index (χ3v) is 3.29. The van der Waals surface area contributed by atoms with Crippen molar-refractivity contribution in [1.29, 1.82) is 0 Å². The normalized spacial score (nSPS) is 9.32. The molecule has 0 spiro atoms. The van der Waals surface area contributed by atoms with Gasteiger partial charge < -0.3 is 14.6 Å². The zero-order valence-electron chi connectivity index (χ0n) is 15.6. The molecule has 0 aromatic heterocycles. The van der Waals surface area contributed by atoms with E-state index in [1.807, 2.05) is 24.3 Å². The molecule has 0 fully saturated rings. The van der Waals surface area contributed by atoms with E-state index >= 15 is 0 Å². The molecule has 0 aliphatic rings. The summed E-state index contributed by atoms with van der Waals surface area (Å²) >= 11 is 0. The molecule has 0 heterocycles. The molecule has 0 aliphatic carbocycles. The van der Waals surface area contributed by atoms with Crippen LogP contribution in [0, 0.1) is 0 Å². The van der Waals surface area contributed by atoms with Crippen LogP contribution in [0.25, 0.3) is 12.2 Å². The van der Waals surface area contributed by atoms with Crippen LogP contribution in [-0.4, -0.2) is 23.0 Å². The number of aliphatic carboxylic acids is 1. The summed E-state index contributed by atoms with van der Waals surface area (Å²) in [5, 5.41) is 8.34. The van der Waals surface area contributed by atoms with Crippen LogP contribution in [0.5, 0.6) is 5.75 Å². The van der Waals surface area contributed by atoms with E-state index in [-0.39, 0.29) is 12.6 Å². The van der Waals surface area contributed by atoms with Gasteiger partial charge in [-0.2, -0.15) is 0 Å². The lowest BCUT2D eigenvalue weighted by molar-refractivity contribution is -0.152. The molecule has 0 saturated carbocycles. The van der Waals surface area contributed by atoms with Gasteiger partial charge in [0.2, 0.25) is 0 Å². The monoisotopic (exact) mass is 382 g/mol. The molecule has 6 heteroatoms. The Morgan fingerprint density at radius 1 is 0.929 bits per heavy atom. The number of benzene rings is 2. The van der Waals surface area contributed by atoms with Crippen molar-refractivity contribution >= 4 is 30.1 Å². The molecular weight excluding hydrogens is 360 g/mol. The summed E-state index contributed by atoms with van der Waals surface area (Å²) in [7, 11) is 0. The zero-order chi connectivity index (χ0) is 20.9. The van der Waals surface area contributed by atoms with Crippen LogP contribution >= 0.6 is 0 Å². The Morgan fingerprint density at radius 2 is 1.43 bits per heavy atom. The van der Waals surface area contributed by atoms with Gasteiger partial charge >= 0.3 is 17.9 Å². The number of carbonyl (C=O) groups is 3. The van der Waals surface area contributed by atoms with E-state index in [9.17, 15) is 14.4 Å². The van der Waals surface area contributed by atoms with E-state index in [4.69, 9.17) is 14.6 Å². The second kappa shape index (κ2) is 11.9. The molecular formula is C22H22O6. The number of carboxylic acid groups (broad SMARTS) is 1. The van der Waals surface area contributed by atoms with E-state index in [1.165, 1.54) is 6.92 Å². The molecule has 146 valence electrons. The average molecular weight is 382 g/mol. The number of carbonyl (C=O) groups excluding carboxylic acids is 2. The second-order valence-electron chi connectivity index (χ2n) is 5.54. The molecule has 6 nitrogen and oxygen atoms in total. The highest BCUT2D eigenvalue weighted by atomic mass is 16.5. The largest absolute Gasteiger partial charge is 0.481 e. The highest BCUT2D eigenvalue weighted by Gasteiger charge is 2.08.